The summed E-state index contributed by atoms with van der Waals surface area (Å²) in [5.74, 6) is 0.989. The molecule has 0 saturated heterocycles. The van der Waals surface area contributed by atoms with Gasteiger partial charge in [-0.25, -0.2) is 0 Å². The lowest BCUT2D eigenvalue weighted by atomic mass is 10.1. The van der Waals surface area contributed by atoms with E-state index in [-0.39, 0.29) is 24.5 Å². The predicted octanol–water partition coefficient (Wildman–Crippen LogP) is 4.10. The van der Waals surface area contributed by atoms with Crippen molar-refractivity contribution in [3.63, 3.8) is 0 Å². The fraction of sp³-hybridized carbons (Fsp3) is 0.440. The number of benzene rings is 2. The second-order valence-electron chi connectivity index (χ2n) is 7.71. The molecule has 0 bridgehead atoms. The van der Waals surface area contributed by atoms with Gasteiger partial charge < -0.3 is 19.7 Å². The summed E-state index contributed by atoms with van der Waals surface area (Å²) in [4.78, 5) is 27.7. The van der Waals surface area contributed by atoms with E-state index in [9.17, 15) is 9.59 Å². The second-order valence-corrected chi connectivity index (χ2v) is 7.71. The lowest BCUT2D eigenvalue weighted by molar-refractivity contribution is -0.143. The van der Waals surface area contributed by atoms with Crippen LogP contribution < -0.4 is 14.8 Å². The third kappa shape index (κ3) is 7.31. The largest absolute Gasteiger partial charge is 0.497 e. The van der Waals surface area contributed by atoms with Crippen LogP contribution in [0.2, 0.25) is 0 Å². The zero-order valence-electron chi connectivity index (χ0n) is 19.2. The van der Waals surface area contributed by atoms with Gasteiger partial charge in [-0.1, -0.05) is 43.7 Å². The highest BCUT2D eigenvalue weighted by molar-refractivity contribution is 5.88. The van der Waals surface area contributed by atoms with Gasteiger partial charge in [-0.15, -0.1) is 0 Å². The summed E-state index contributed by atoms with van der Waals surface area (Å²) in [7, 11) is 1.61. The number of hydrogen-bond acceptors (Lipinski definition) is 4. The van der Waals surface area contributed by atoms with Crippen LogP contribution >= 0.6 is 0 Å². The summed E-state index contributed by atoms with van der Waals surface area (Å²) in [6, 6.07) is 14.5. The van der Waals surface area contributed by atoms with Crippen molar-refractivity contribution in [1.29, 1.82) is 0 Å². The number of carbonyl (C=O) groups is 2. The van der Waals surface area contributed by atoms with E-state index in [2.05, 4.69) is 5.32 Å². The maximum atomic E-state index is 13.2. The monoisotopic (exact) mass is 426 g/mol. The molecule has 31 heavy (non-hydrogen) atoms. The Morgan fingerprint density at radius 1 is 0.968 bits per heavy atom. The average Bonchev–Trinajstić information content (AvgIpc) is 2.78. The highest BCUT2D eigenvalue weighted by Gasteiger charge is 2.29. The Bertz CT molecular complexity index is 834. The SMILES string of the molecule is CC[C@H](C)NC(=O)[C@H](CC)N(Cc1ccc(OC)cc1)C(=O)COc1ccc(C)cc1. The molecule has 1 N–H and O–H groups in total. The van der Waals surface area contributed by atoms with Crippen molar-refractivity contribution in [1.82, 2.24) is 10.2 Å². The van der Waals surface area contributed by atoms with E-state index in [1.54, 1.807) is 12.0 Å². The number of hydrogen-bond donors (Lipinski definition) is 1. The molecule has 0 aliphatic heterocycles. The summed E-state index contributed by atoms with van der Waals surface area (Å²) >= 11 is 0. The molecule has 0 unspecified atom stereocenters. The zero-order chi connectivity index (χ0) is 22.8. The number of nitrogens with one attached hydrogen (secondary N) is 1. The van der Waals surface area contributed by atoms with Crippen LogP contribution in [-0.4, -0.2) is 42.5 Å². The molecule has 6 heteroatoms. The third-order valence-corrected chi connectivity index (χ3v) is 5.28. The number of amides is 2. The molecule has 2 aromatic rings. The van der Waals surface area contributed by atoms with Crippen molar-refractivity contribution in [2.75, 3.05) is 13.7 Å². The van der Waals surface area contributed by atoms with Gasteiger partial charge in [0.1, 0.15) is 17.5 Å². The first-order chi connectivity index (χ1) is 14.9. The number of rotatable bonds is 11. The Morgan fingerprint density at radius 2 is 1.58 bits per heavy atom. The molecule has 0 aromatic heterocycles. The third-order valence-electron chi connectivity index (χ3n) is 5.28. The summed E-state index contributed by atoms with van der Waals surface area (Å²) in [5, 5.41) is 3.01. The summed E-state index contributed by atoms with van der Waals surface area (Å²) in [6.45, 7) is 8.06. The lowest BCUT2D eigenvalue weighted by Crippen LogP contribution is -2.51. The minimum Gasteiger partial charge on any atom is -0.497 e. The second kappa shape index (κ2) is 12.0. The number of aryl methyl sites for hydroxylation is 1. The number of ether oxygens (including phenoxy) is 2. The van der Waals surface area contributed by atoms with Gasteiger partial charge in [0.15, 0.2) is 6.61 Å². The van der Waals surface area contributed by atoms with E-state index < -0.39 is 6.04 Å². The van der Waals surface area contributed by atoms with Gasteiger partial charge in [0.05, 0.1) is 7.11 Å². The lowest BCUT2D eigenvalue weighted by Gasteiger charge is -2.31. The molecule has 0 aliphatic carbocycles. The first-order valence-corrected chi connectivity index (χ1v) is 10.8. The molecule has 6 nitrogen and oxygen atoms in total. The van der Waals surface area contributed by atoms with E-state index in [0.717, 1.165) is 23.3 Å². The van der Waals surface area contributed by atoms with E-state index in [0.29, 0.717) is 18.7 Å². The molecular formula is C25H34N2O4. The maximum Gasteiger partial charge on any atom is 0.261 e. The molecule has 0 heterocycles. The van der Waals surface area contributed by atoms with Crippen molar-refractivity contribution >= 4 is 11.8 Å². The van der Waals surface area contributed by atoms with Crippen molar-refractivity contribution < 1.29 is 19.1 Å². The molecular weight excluding hydrogens is 392 g/mol. The Morgan fingerprint density at radius 3 is 2.13 bits per heavy atom. The Hall–Kier alpha value is -3.02. The van der Waals surface area contributed by atoms with Crippen LogP contribution in [0, 0.1) is 6.92 Å². The Balaban J connectivity index is 2.20. The highest BCUT2D eigenvalue weighted by atomic mass is 16.5. The van der Waals surface area contributed by atoms with Gasteiger partial charge >= 0.3 is 0 Å². The molecule has 0 saturated carbocycles. The Labute approximate surface area is 185 Å². The molecule has 2 aromatic carbocycles. The van der Waals surface area contributed by atoms with Gasteiger partial charge in [0, 0.05) is 12.6 Å². The van der Waals surface area contributed by atoms with Crippen molar-refractivity contribution in [2.45, 2.75) is 59.2 Å². The minimum absolute atomic E-state index is 0.0447. The predicted molar refractivity (Wildman–Crippen MR) is 122 cm³/mol. The summed E-state index contributed by atoms with van der Waals surface area (Å²) < 4.78 is 10.9. The highest BCUT2D eigenvalue weighted by Crippen LogP contribution is 2.17. The van der Waals surface area contributed by atoms with Crippen LogP contribution in [0.25, 0.3) is 0 Å². The van der Waals surface area contributed by atoms with Gasteiger partial charge in [0.2, 0.25) is 5.91 Å². The van der Waals surface area contributed by atoms with E-state index in [1.165, 1.54) is 0 Å². The van der Waals surface area contributed by atoms with Crippen molar-refractivity contribution in [3.05, 3.63) is 59.7 Å². The minimum atomic E-state index is -0.579. The van der Waals surface area contributed by atoms with Crippen molar-refractivity contribution in [3.8, 4) is 11.5 Å². The molecule has 2 amide bonds. The molecule has 168 valence electrons. The van der Waals surface area contributed by atoms with E-state index in [1.807, 2.05) is 76.2 Å². The molecule has 2 rings (SSSR count). The summed E-state index contributed by atoms with van der Waals surface area (Å²) in [5.41, 5.74) is 2.03. The number of methoxy groups -OCH3 is 1. The van der Waals surface area contributed by atoms with Gasteiger partial charge in [-0.3, -0.25) is 9.59 Å². The first kappa shape index (κ1) is 24.3. The number of nitrogens with zero attached hydrogens (tertiary/aromatic N) is 1. The van der Waals surface area contributed by atoms with E-state index >= 15 is 0 Å². The standard InChI is InChI=1S/C25H34N2O4/c1-6-19(4)26-25(29)23(7-2)27(16-20-10-14-21(30-5)15-11-20)24(28)17-31-22-12-8-18(3)9-13-22/h8-15,19,23H,6-7,16-17H2,1-5H3,(H,26,29)/t19-,23-/m0/s1. The van der Waals surface area contributed by atoms with Crippen LogP contribution in [-0.2, 0) is 16.1 Å². The number of carbonyl (C=O) groups excluding carboxylic acids is 2. The first-order valence-electron chi connectivity index (χ1n) is 10.8. The quantitative estimate of drug-likeness (QED) is 0.587. The molecule has 0 aliphatic rings. The van der Waals surface area contributed by atoms with Crippen LogP contribution in [0.4, 0.5) is 0 Å². The Kier molecular flexibility index (Phi) is 9.38. The normalized spacial score (nSPS) is 12.5. The fourth-order valence-corrected chi connectivity index (χ4v) is 3.15. The van der Waals surface area contributed by atoms with E-state index in [4.69, 9.17) is 9.47 Å². The molecule has 0 radical (unpaired) electrons. The van der Waals surface area contributed by atoms with Crippen LogP contribution in [0.5, 0.6) is 11.5 Å². The maximum absolute atomic E-state index is 13.2. The molecule has 0 spiro atoms. The van der Waals surface area contributed by atoms with Gasteiger partial charge in [-0.2, -0.15) is 0 Å². The topological polar surface area (TPSA) is 67.9 Å². The van der Waals surface area contributed by atoms with Crippen LogP contribution in [0.1, 0.15) is 44.7 Å². The molecule has 0 fully saturated rings. The van der Waals surface area contributed by atoms with Crippen LogP contribution in [0.15, 0.2) is 48.5 Å². The van der Waals surface area contributed by atoms with Crippen molar-refractivity contribution in [2.24, 2.45) is 0 Å². The summed E-state index contributed by atoms with van der Waals surface area (Å²) in [6.07, 6.45) is 1.33. The van der Waals surface area contributed by atoms with Gasteiger partial charge in [0.25, 0.3) is 5.91 Å². The molecule has 2 atom stereocenters. The zero-order valence-corrected chi connectivity index (χ0v) is 19.2. The smallest absolute Gasteiger partial charge is 0.261 e. The fourth-order valence-electron chi connectivity index (χ4n) is 3.15. The van der Waals surface area contributed by atoms with Gasteiger partial charge in [-0.05, 0) is 56.5 Å². The van der Waals surface area contributed by atoms with Crippen LogP contribution in [0.3, 0.4) is 0 Å². The average molecular weight is 427 g/mol.